The maximum Gasteiger partial charge on any atom is 0.349 e. The third-order valence-electron chi connectivity index (χ3n) is 2.20. The maximum absolute atomic E-state index is 11.3. The number of hydrogen-bond donors (Lipinski definition) is 0. The van der Waals surface area contributed by atoms with Crippen molar-refractivity contribution in [2.75, 3.05) is 7.11 Å². The highest BCUT2D eigenvalue weighted by molar-refractivity contribution is 9.10. The van der Waals surface area contributed by atoms with Crippen molar-refractivity contribution in [3.05, 3.63) is 50.4 Å². The number of hydrogen-bond acceptors (Lipinski definition) is 4. The van der Waals surface area contributed by atoms with Crippen LogP contribution in [0.3, 0.4) is 0 Å². The number of carbonyl (C=O) groups is 1. The average molecular weight is 324 g/mol. The molecule has 0 unspecified atom stereocenters. The Hall–Kier alpha value is -1.46. The van der Waals surface area contributed by atoms with Gasteiger partial charge in [0.25, 0.3) is 0 Å². The molecule has 5 heteroatoms. The Kier molecular flexibility index (Phi) is 4.28. The first-order valence-electron chi connectivity index (χ1n) is 5.17. The molecule has 2 aromatic rings. The van der Waals surface area contributed by atoms with E-state index in [1.54, 1.807) is 0 Å². The van der Waals surface area contributed by atoms with E-state index >= 15 is 0 Å². The number of carbonyl (C=O) groups excluding carboxylic acids is 1. The molecule has 1 heterocycles. The molecule has 0 aliphatic carbocycles. The van der Waals surface area contributed by atoms with Crippen LogP contribution in [0.15, 0.2) is 34.9 Å². The van der Waals surface area contributed by atoms with Crippen LogP contribution < -0.4 is 0 Å². The number of benzene rings is 1. The zero-order valence-electron chi connectivity index (χ0n) is 9.59. The summed E-state index contributed by atoms with van der Waals surface area (Å²) in [7, 11) is 1.36. The third-order valence-corrected chi connectivity index (χ3v) is 3.67. The van der Waals surface area contributed by atoms with Crippen molar-refractivity contribution in [1.29, 1.82) is 0 Å². The summed E-state index contributed by atoms with van der Waals surface area (Å²) in [6.07, 6.45) is 5.35. The molecule has 0 amide bonds. The third kappa shape index (κ3) is 3.27. The first kappa shape index (κ1) is 13.0. The zero-order chi connectivity index (χ0) is 13.0. The Morgan fingerprint density at radius 3 is 2.72 bits per heavy atom. The van der Waals surface area contributed by atoms with Crippen LogP contribution in [0.5, 0.6) is 0 Å². The number of thiazole rings is 1. The predicted molar refractivity (Wildman–Crippen MR) is 76.5 cm³/mol. The average Bonchev–Trinajstić information content (AvgIpc) is 2.86. The molecular formula is C13H10BrNO2S. The van der Waals surface area contributed by atoms with Gasteiger partial charge in [0.15, 0.2) is 0 Å². The lowest BCUT2D eigenvalue weighted by atomic mass is 10.2. The number of halogens is 1. The molecule has 0 atom stereocenters. The van der Waals surface area contributed by atoms with Crippen LogP contribution in [0, 0.1) is 0 Å². The number of rotatable bonds is 3. The SMILES string of the molecule is COC(=O)c1cnc(/C=C\c2ccc(Br)cc2)s1. The Labute approximate surface area is 117 Å². The number of esters is 1. The molecule has 0 aliphatic rings. The van der Waals surface area contributed by atoms with E-state index in [2.05, 4.69) is 25.7 Å². The molecule has 18 heavy (non-hydrogen) atoms. The molecule has 0 fully saturated rings. The highest BCUT2D eigenvalue weighted by Crippen LogP contribution is 2.17. The van der Waals surface area contributed by atoms with Gasteiger partial charge in [0.2, 0.25) is 0 Å². The van der Waals surface area contributed by atoms with Gasteiger partial charge >= 0.3 is 5.97 Å². The molecule has 0 saturated heterocycles. The van der Waals surface area contributed by atoms with E-state index in [1.807, 2.05) is 36.4 Å². The topological polar surface area (TPSA) is 39.2 Å². The Balaban J connectivity index is 2.11. The van der Waals surface area contributed by atoms with Crippen LogP contribution in [0.1, 0.15) is 20.2 Å². The number of ether oxygens (including phenoxy) is 1. The standard InChI is InChI=1S/C13H10BrNO2S/c1-17-13(16)11-8-15-12(18-11)7-4-9-2-5-10(14)6-3-9/h2-8H,1H3/b7-4-. The molecule has 1 aromatic carbocycles. The van der Waals surface area contributed by atoms with Crippen molar-refractivity contribution in [2.24, 2.45) is 0 Å². The maximum atomic E-state index is 11.3. The second-order valence-electron chi connectivity index (χ2n) is 3.44. The van der Waals surface area contributed by atoms with E-state index < -0.39 is 0 Å². The van der Waals surface area contributed by atoms with Crippen LogP contribution >= 0.6 is 27.3 Å². The van der Waals surface area contributed by atoms with Crippen LogP contribution in [0.25, 0.3) is 12.2 Å². The summed E-state index contributed by atoms with van der Waals surface area (Å²) in [4.78, 5) is 15.9. The first-order chi connectivity index (χ1) is 8.69. The minimum Gasteiger partial charge on any atom is -0.465 e. The van der Waals surface area contributed by atoms with E-state index in [0.717, 1.165) is 15.0 Å². The highest BCUT2D eigenvalue weighted by atomic mass is 79.9. The van der Waals surface area contributed by atoms with Gasteiger partial charge in [-0.2, -0.15) is 0 Å². The van der Waals surface area contributed by atoms with Gasteiger partial charge in [-0.25, -0.2) is 9.78 Å². The van der Waals surface area contributed by atoms with Gasteiger partial charge < -0.3 is 4.74 Å². The number of nitrogens with zero attached hydrogens (tertiary/aromatic N) is 1. The fourth-order valence-electron chi connectivity index (χ4n) is 1.30. The molecule has 1 aromatic heterocycles. The second-order valence-corrected chi connectivity index (χ2v) is 5.42. The van der Waals surface area contributed by atoms with E-state index in [9.17, 15) is 4.79 Å². The molecule has 0 radical (unpaired) electrons. The normalized spacial score (nSPS) is 10.8. The summed E-state index contributed by atoms with van der Waals surface area (Å²) in [5, 5.41) is 0.776. The Bertz CT molecular complexity index is 575. The fraction of sp³-hybridized carbons (Fsp3) is 0.0769. The van der Waals surface area contributed by atoms with Gasteiger partial charge in [0, 0.05) is 4.47 Å². The van der Waals surface area contributed by atoms with Gasteiger partial charge in [-0.05, 0) is 23.8 Å². The highest BCUT2D eigenvalue weighted by Gasteiger charge is 2.08. The molecule has 3 nitrogen and oxygen atoms in total. The summed E-state index contributed by atoms with van der Waals surface area (Å²) in [5.74, 6) is -0.351. The monoisotopic (exact) mass is 323 g/mol. The molecule has 0 spiro atoms. The Morgan fingerprint density at radius 1 is 1.33 bits per heavy atom. The molecule has 0 saturated carbocycles. The fourth-order valence-corrected chi connectivity index (χ4v) is 2.30. The Morgan fingerprint density at radius 2 is 2.06 bits per heavy atom. The lowest BCUT2D eigenvalue weighted by Gasteiger charge is -1.92. The summed E-state index contributed by atoms with van der Waals surface area (Å²) < 4.78 is 5.67. The summed E-state index contributed by atoms with van der Waals surface area (Å²) in [5.41, 5.74) is 1.08. The number of methoxy groups -OCH3 is 1. The van der Waals surface area contributed by atoms with E-state index in [0.29, 0.717) is 4.88 Å². The van der Waals surface area contributed by atoms with E-state index in [4.69, 9.17) is 0 Å². The van der Waals surface area contributed by atoms with Gasteiger partial charge in [0.05, 0.1) is 13.3 Å². The molecule has 0 aliphatic heterocycles. The van der Waals surface area contributed by atoms with Crippen LogP contribution in [0.4, 0.5) is 0 Å². The summed E-state index contributed by atoms with van der Waals surface area (Å²) in [6.45, 7) is 0. The molecule has 2 rings (SSSR count). The number of aromatic nitrogens is 1. The van der Waals surface area contributed by atoms with Crippen LogP contribution in [0.2, 0.25) is 0 Å². The van der Waals surface area contributed by atoms with Crippen LogP contribution in [-0.4, -0.2) is 18.1 Å². The van der Waals surface area contributed by atoms with Crippen molar-refractivity contribution >= 4 is 45.4 Å². The minimum atomic E-state index is -0.351. The van der Waals surface area contributed by atoms with Crippen molar-refractivity contribution in [1.82, 2.24) is 4.98 Å². The molecule has 0 N–H and O–H groups in total. The predicted octanol–water partition coefficient (Wildman–Crippen LogP) is 3.86. The second kappa shape index (κ2) is 5.93. The lowest BCUT2D eigenvalue weighted by molar-refractivity contribution is 0.0606. The molecular weight excluding hydrogens is 314 g/mol. The van der Waals surface area contributed by atoms with Crippen molar-refractivity contribution < 1.29 is 9.53 Å². The summed E-state index contributed by atoms with van der Waals surface area (Å²) in [6, 6.07) is 7.94. The quantitative estimate of drug-likeness (QED) is 0.805. The van der Waals surface area contributed by atoms with Crippen molar-refractivity contribution in [2.45, 2.75) is 0 Å². The van der Waals surface area contributed by atoms with Crippen molar-refractivity contribution in [3.8, 4) is 0 Å². The lowest BCUT2D eigenvalue weighted by Crippen LogP contribution is -1.96. The smallest absolute Gasteiger partial charge is 0.349 e. The zero-order valence-corrected chi connectivity index (χ0v) is 12.0. The van der Waals surface area contributed by atoms with Gasteiger partial charge in [-0.15, -0.1) is 11.3 Å². The van der Waals surface area contributed by atoms with Gasteiger partial charge in [-0.1, -0.05) is 34.1 Å². The molecule has 92 valence electrons. The largest absolute Gasteiger partial charge is 0.465 e. The van der Waals surface area contributed by atoms with Gasteiger partial charge in [-0.3, -0.25) is 0 Å². The minimum absolute atomic E-state index is 0.351. The van der Waals surface area contributed by atoms with Crippen molar-refractivity contribution in [3.63, 3.8) is 0 Å². The van der Waals surface area contributed by atoms with E-state index in [1.165, 1.54) is 24.6 Å². The first-order valence-corrected chi connectivity index (χ1v) is 6.78. The van der Waals surface area contributed by atoms with E-state index in [-0.39, 0.29) is 5.97 Å². The summed E-state index contributed by atoms with van der Waals surface area (Å²) >= 11 is 4.69. The molecule has 0 bridgehead atoms. The van der Waals surface area contributed by atoms with Gasteiger partial charge in [0.1, 0.15) is 9.88 Å². The van der Waals surface area contributed by atoms with Crippen LogP contribution in [-0.2, 0) is 4.74 Å².